The number of phenols is 4. The summed E-state index contributed by atoms with van der Waals surface area (Å²) in [6.07, 6.45) is -18.8. The average molecular weight is 849 g/mol. The van der Waals surface area contributed by atoms with Crippen molar-refractivity contribution < 1.29 is 94.6 Å². The molecule has 322 valence electrons. The summed E-state index contributed by atoms with van der Waals surface area (Å²) in [4.78, 5) is 42.4. The van der Waals surface area contributed by atoms with E-state index in [2.05, 4.69) is 0 Å². The summed E-state index contributed by atoms with van der Waals surface area (Å²) in [6.45, 7) is -0.760. The number of carbonyl (C=O) groups is 3. The number of fused-ring (bicyclic) bond motifs is 4. The maximum atomic E-state index is 14.3. The molecule has 0 aromatic heterocycles. The number of aliphatic hydroxyl groups excluding tert-OH is 8. The van der Waals surface area contributed by atoms with Crippen LogP contribution in [-0.2, 0) is 31.2 Å². The molecule has 2 aliphatic heterocycles. The molecule has 2 fully saturated rings. The number of phenolic OH excluding ortho intramolecular Hbond substituents is 4. The highest BCUT2D eigenvalue weighted by Crippen LogP contribution is 2.55. The molecule has 2 heterocycles. The van der Waals surface area contributed by atoms with Crippen molar-refractivity contribution in [3.63, 3.8) is 0 Å². The summed E-state index contributed by atoms with van der Waals surface area (Å²) in [5.74, 6) is -5.71. The van der Waals surface area contributed by atoms with Gasteiger partial charge in [0, 0.05) is 27.8 Å². The molecule has 0 spiro atoms. The molecule has 0 saturated carbocycles. The van der Waals surface area contributed by atoms with Gasteiger partial charge in [0.2, 0.25) is 11.6 Å². The number of hydrogen-bond donors (Lipinski definition) is 12. The zero-order chi connectivity index (χ0) is 44.0. The highest BCUT2D eigenvalue weighted by atomic mass is 16.7. The van der Waals surface area contributed by atoms with Crippen LogP contribution >= 0.6 is 0 Å². The van der Waals surface area contributed by atoms with Crippen molar-refractivity contribution in [3.8, 4) is 23.0 Å². The zero-order valence-corrected chi connectivity index (χ0v) is 31.8. The van der Waals surface area contributed by atoms with Gasteiger partial charge >= 0.3 is 0 Å². The third-order valence-electron chi connectivity index (χ3n) is 11.6. The first kappa shape index (κ1) is 42.3. The summed E-state index contributed by atoms with van der Waals surface area (Å²) in [5.41, 5.74) is -6.00. The molecule has 0 radical (unpaired) electrons. The van der Waals surface area contributed by atoms with Gasteiger partial charge in [-0.3, -0.25) is 14.4 Å². The molecule has 4 aliphatic rings. The van der Waals surface area contributed by atoms with E-state index in [9.17, 15) is 75.7 Å². The number of hydrogen-bond acceptors (Lipinski definition) is 19. The van der Waals surface area contributed by atoms with Crippen LogP contribution in [0, 0.1) is 6.92 Å². The highest BCUT2D eigenvalue weighted by Gasteiger charge is 2.56. The first-order chi connectivity index (χ1) is 29.0. The first-order valence-corrected chi connectivity index (χ1v) is 18.9. The van der Waals surface area contributed by atoms with E-state index in [1.807, 2.05) is 0 Å². The molecule has 4 aromatic rings. The fourth-order valence-corrected chi connectivity index (χ4v) is 8.59. The molecule has 0 amide bonds. The van der Waals surface area contributed by atoms with Crippen molar-refractivity contribution in [3.05, 3.63) is 116 Å². The fraction of sp³-hybridized carbons (Fsp3) is 0.357. The predicted octanol–water partition coefficient (Wildman–Crippen LogP) is -1.44. The Kier molecular flexibility index (Phi) is 10.8. The van der Waals surface area contributed by atoms with Crippen LogP contribution in [0.1, 0.15) is 75.6 Å². The van der Waals surface area contributed by atoms with Crippen molar-refractivity contribution in [1.82, 2.24) is 0 Å². The zero-order valence-electron chi connectivity index (χ0n) is 31.8. The molecule has 0 bridgehead atoms. The number of ketones is 3. The molecular weight excluding hydrogens is 808 g/mol. The molecule has 4 aromatic carbocycles. The average Bonchev–Trinajstić information content (AvgIpc) is 3.23. The summed E-state index contributed by atoms with van der Waals surface area (Å²) in [6, 6.07) is 10.8. The molecule has 12 N–H and O–H groups in total. The van der Waals surface area contributed by atoms with E-state index < -0.39 is 155 Å². The van der Waals surface area contributed by atoms with E-state index in [0.717, 1.165) is 24.3 Å². The lowest BCUT2D eigenvalue weighted by Gasteiger charge is -2.47. The second kappa shape index (κ2) is 15.5. The van der Waals surface area contributed by atoms with Crippen molar-refractivity contribution in [2.75, 3.05) is 13.2 Å². The van der Waals surface area contributed by atoms with E-state index >= 15 is 0 Å². The van der Waals surface area contributed by atoms with E-state index in [4.69, 9.17) is 18.9 Å². The third kappa shape index (κ3) is 6.41. The van der Waals surface area contributed by atoms with Crippen LogP contribution in [0.2, 0.25) is 0 Å². The lowest BCUT2D eigenvalue weighted by molar-refractivity contribution is -0.340. The van der Waals surface area contributed by atoms with Gasteiger partial charge in [0.15, 0.2) is 24.0 Å². The highest BCUT2D eigenvalue weighted by molar-refractivity contribution is 6.30. The molecule has 8 rings (SSSR count). The maximum absolute atomic E-state index is 14.3. The van der Waals surface area contributed by atoms with Crippen molar-refractivity contribution in [1.29, 1.82) is 0 Å². The summed E-state index contributed by atoms with van der Waals surface area (Å²) in [7, 11) is 0. The second-order valence-corrected chi connectivity index (χ2v) is 15.3. The Hall–Kier alpha value is -5.39. The van der Waals surface area contributed by atoms with Crippen LogP contribution in [0.15, 0.2) is 54.6 Å². The third-order valence-corrected chi connectivity index (χ3v) is 11.6. The standard InChI is InChI=1S/C42H40O19/c1-14-7-17-26(22(46)8-14)34(52)27-16(30(17)48)5-6-19(31(27)49)42(18-3-2-4-21(45)28(18)35(53)29-20(42)9-15(11-43)10-23(29)47)61-41-39(57)37(55)33(51)25(60-41)13-58-40-38(56)36(54)32(50)24(12-44)59-40/h2-10,24-25,32-33,36-41,43-47,49-51,54-57H,11-13H2,1H3/t24-,25-,32-,33-,36+,37+,38-,39-,40-,41+,42-/m1/s1. The van der Waals surface area contributed by atoms with Crippen LogP contribution in [0.5, 0.6) is 23.0 Å². The molecule has 19 heteroatoms. The Balaban J connectivity index is 1.32. The Morgan fingerprint density at radius 2 is 1.21 bits per heavy atom. The van der Waals surface area contributed by atoms with Gasteiger partial charge in [-0.1, -0.05) is 18.2 Å². The van der Waals surface area contributed by atoms with E-state index in [0.29, 0.717) is 5.56 Å². The van der Waals surface area contributed by atoms with Crippen molar-refractivity contribution in [2.45, 2.75) is 80.5 Å². The second-order valence-electron chi connectivity index (χ2n) is 15.3. The number of rotatable bonds is 8. The Bertz CT molecular complexity index is 2470. The number of carbonyl (C=O) groups excluding carboxylic acids is 3. The minimum atomic E-state index is -2.63. The van der Waals surface area contributed by atoms with Crippen LogP contribution in [-0.4, -0.2) is 153 Å². The Morgan fingerprint density at radius 1 is 0.590 bits per heavy atom. The number of ether oxygens (including phenoxy) is 4. The van der Waals surface area contributed by atoms with Gasteiger partial charge in [0.25, 0.3) is 0 Å². The topological polar surface area (TPSA) is 331 Å². The largest absolute Gasteiger partial charge is 0.507 e. The number of benzene rings is 4. The quantitative estimate of drug-likeness (QED) is 0.0851. The molecule has 2 aliphatic carbocycles. The van der Waals surface area contributed by atoms with Crippen LogP contribution in [0.25, 0.3) is 0 Å². The van der Waals surface area contributed by atoms with Crippen molar-refractivity contribution in [2.24, 2.45) is 0 Å². The van der Waals surface area contributed by atoms with Crippen LogP contribution < -0.4 is 0 Å². The van der Waals surface area contributed by atoms with Crippen molar-refractivity contribution >= 4 is 17.3 Å². The maximum Gasteiger partial charge on any atom is 0.201 e. The van der Waals surface area contributed by atoms with Gasteiger partial charge in [-0.05, 0) is 54.4 Å². The van der Waals surface area contributed by atoms with E-state index in [-0.39, 0.29) is 27.8 Å². The monoisotopic (exact) mass is 848 g/mol. The molecule has 0 unspecified atom stereocenters. The molecule has 19 nitrogen and oxygen atoms in total. The lowest BCUT2D eigenvalue weighted by atomic mass is 9.68. The minimum Gasteiger partial charge on any atom is -0.507 e. The number of aryl methyl sites for hydroxylation is 1. The summed E-state index contributed by atoms with van der Waals surface area (Å²) >= 11 is 0. The minimum absolute atomic E-state index is 0.0371. The SMILES string of the molecule is Cc1cc(O)c2c(c1)C(=O)c1ccc([C@]3(O[C@@H]4O[C@H](CO[C@@H]5O[C@H](CO)[C@@H](O)[C@H](O)[C@H]5O)[C@@H](O)[C@H](O)[C@H]4O)c4cccc(O)c4C(=O)c4c(O)cc(CO)cc43)c(O)c1C2=O. The summed E-state index contributed by atoms with van der Waals surface area (Å²) < 4.78 is 23.6. The molecular formula is C42H40O19. The van der Waals surface area contributed by atoms with Gasteiger partial charge < -0.3 is 80.2 Å². The van der Waals surface area contributed by atoms with Gasteiger partial charge in [-0.15, -0.1) is 0 Å². The normalized spacial score (nSPS) is 30.7. The first-order valence-electron chi connectivity index (χ1n) is 18.9. The summed E-state index contributed by atoms with van der Waals surface area (Å²) in [5, 5.41) is 131. The van der Waals surface area contributed by atoms with Gasteiger partial charge in [-0.25, -0.2) is 0 Å². The van der Waals surface area contributed by atoms with Gasteiger partial charge in [0.05, 0.1) is 42.1 Å². The molecule has 11 atom stereocenters. The van der Waals surface area contributed by atoms with E-state index in [1.54, 1.807) is 6.92 Å². The van der Waals surface area contributed by atoms with Crippen LogP contribution in [0.4, 0.5) is 0 Å². The Morgan fingerprint density at radius 3 is 1.90 bits per heavy atom. The fourth-order valence-electron chi connectivity index (χ4n) is 8.59. The molecule has 2 saturated heterocycles. The smallest absolute Gasteiger partial charge is 0.201 e. The number of aromatic hydroxyl groups is 4. The lowest BCUT2D eigenvalue weighted by Crippen LogP contribution is -2.62. The predicted molar refractivity (Wildman–Crippen MR) is 201 cm³/mol. The van der Waals surface area contributed by atoms with Gasteiger partial charge in [-0.2, -0.15) is 0 Å². The number of aliphatic hydroxyl groups is 8. The Labute approximate surface area is 344 Å². The van der Waals surface area contributed by atoms with Gasteiger partial charge in [0.1, 0.15) is 71.8 Å². The van der Waals surface area contributed by atoms with E-state index in [1.165, 1.54) is 30.3 Å². The molecule has 61 heavy (non-hydrogen) atoms. The van der Waals surface area contributed by atoms with Crippen LogP contribution in [0.3, 0.4) is 0 Å².